The summed E-state index contributed by atoms with van der Waals surface area (Å²) in [4.78, 5) is 102. The summed E-state index contributed by atoms with van der Waals surface area (Å²) in [5, 5.41) is 30.7. The van der Waals surface area contributed by atoms with Gasteiger partial charge in [0.15, 0.2) is 18.0 Å². The van der Waals surface area contributed by atoms with Crippen LogP contribution in [0.15, 0.2) is 117 Å². The van der Waals surface area contributed by atoms with Crippen molar-refractivity contribution in [3.63, 3.8) is 0 Å². The lowest BCUT2D eigenvalue weighted by molar-refractivity contribution is -0.121. The van der Waals surface area contributed by atoms with Gasteiger partial charge in [0.2, 0.25) is 23.1 Å². The van der Waals surface area contributed by atoms with Gasteiger partial charge in [-0.2, -0.15) is 0 Å². The van der Waals surface area contributed by atoms with Crippen molar-refractivity contribution in [3.8, 4) is 0 Å². The quantitative estimate of drug-likeness (QED) is 0.0848. The second-order valence-corrected chi connectivity index (χ2v) is 23.5. The molecule has 6 rings (SSSR count). The van der Waals surface area contributed by atoms with Crippen LogP contribution in [0.3, 0.4) is 0 Å². The summed E-state index contributed by atoms with van der Waals surface area (Å²) < 4.78 is 38.4. The number of aliphatic hydroxyl groups excluding tert-OH is 2. The number of hydrogen-bond donors (Lipinski definition) is 8. The lowest BCUT2D eigenvalue weighted by Crippen LogP contribution is -2.38. The van der Waals surface area contributed by atoms with Crippen LogP contribution in [0, 0.1) is 35.5 Å². The van der Waals surface area contributed by atoms with E-state index in [9.17, 15) is 48.6 Å². The van der Waals surface area contributed by atoms with E-state index in [-0.39, 0.29) is 77.5 Å². The minimum absolute atomic E-state index is 0. The van der Waals surface area contributed by atoms with Gasteiger partial charge in [-0.25, -0.2) is 9.59 Å². The van der Waals surface area contributed by atoms with Crippen molar-refractivity contribution >= 4 is 47.1 Å². The summed E-state index contributed by atoms with van der Waals surface area (Å²) in [6.07, 6.45) is 12.6. The standard InChI is InChI=1S/C32H45N3O8.C29H40N2O9.C4H9N.CH4/c1-17-12-22-27(34-16-21-10-11-21)24(36)15-23(29(22)38)35-31(39)18(2)8-7-9-25(41-5)30(43-32(33)40)20(4)14-19(3)28(37)26(13-17)42-6;1-15-11-19-25(34)20(14-21(32)27(19)39-7)31-28(35)16(2)9-8-10-22(37-5)26(40-29(30)36)18(4)13-17(3)24(33)23(12-15)38-6;5-3-4-1-2-4;/h7-9,14-15,17,19,21,25-26,28,30,34,37H,10-13,16H2,1-6H3,(H2,33,40)(H,35,39);8-10,13-15,17,22-24,26,33H,11-12H2,1-7H3,(H2,30,36)(H,31,35);4H,1-3,5H2;1H4/b9-7-,18-8+,20-14+;10-8-,16-9+,18-13+;;/t17-,19+,25+,26+,28-,30+;15-,17+,22+,23+,24-,26+;;/m11../s1. The molecule has 0 unspecified atom stereocenters. The van der Waals surface area contributed by atoms with Crippen LogP contribution >= 0.6 is 0 Å². The molecule has 2 heterocycles. The number of aliphatic hydroxyl groups is 2. The van der Waals surface area contributed by atoms with Crippen LogP contribution in [-0.4, -0.2) is 155 Å². The highest BCUT2D eigenvalue weighted by molar-refractivity contribution is 6.24. The Morgan fingerprint density at radius 3 is 1.37 bits per heavy atom. The van der Waals surface area contributed by atoms with Gasteiger partial charge in [-0.3, -0.25) is 28.8 Å². The van der Waals surface area contributed by atoms with Crippen LogP contribution in [-0.2, 0) is 61.9 Å². The lowest BCUT2D eigenvalue weighted by Gasteiger charge is -2.30. The Morgan fingerprint density at radius 1 is 0.607 bits per heavy atom. The molecular weight excluding hydrogens is 1150 g/mol. The maximum absolute atomic E-state index is 13.7. The Balaban J connectivity index is 0.000000426. The first-order valence-corrected chi connectivity index (χ1v) is 29.8. The summed E-state index contributed by atoms with van der Waals surface area (Å²) in [6.45, 7) is 15.5. The summed E-state index contributed by atoms with van der Waals surface area (Å²) in [6, 6.07) is 0. The first-order chi connectivity index (χ1) is 41.6. The normalized spacial score (nSPS) is 32.0. The predicted octanol–water partition coefficient (Wildman–Crippen LogP) is 6.16. The second kappa shape index (κ2) is 36.5. The van der Waals surface area contributed by atoms with Crippen molar-refractivity contribution in [3.05, 3.63) is 117 Å². The summed E-state index contributed by atoms with van der Waals surface area (Å²) in [7, 11) is 7.16. The van der Waals surface area contributed by atoms with Crippen LogP contribution in [0.25, 0.3) is 0 Å². The lowest BCUT2D eigenvalue weighted by atomic mass is 9.85. The van der Waals surface area contributed by atoms with Gasteiger partial charge < -0.3 is 76.5 Å². The van der Waals surface area contributed by atoms with E-state index in [4.69, 9.17) is 50.4 Å². The molecule has 23 nitrogen and oxygen atoms in total. The molecule has 2 fully saturated rings. The number of primary amides is 2. The molecule has 0 saturated heterocycles. The van der Waals surface area contributed by atoms with Crippen molar-refractivity contribution in [2.75, 3.05) is 48.6 Å². The van der Waals surface area contributed by atoms with E-state index >= 15 is 0 Å². The van der Waals surface area contributed by atoms with Gasteiger partial charge in [0.1, 0.15) is 12.2 Å². The third kappa shape index (κ3) is 23.0. The number of carbonyl (C=O) groups is 8. The molecule has 2 aliphatic heterocycles. The molecule has 12 atom stereocenters. The molecule has 89 heavy (non-hydrogen) atoms. The van der Waals surface area contributed by atoms with Crippen molar-refractivity contribution in [2.24, 2.45) is 52.7 Å². The van der Waals surface area contributed by atoms with Gasteiger partial charge in [0.05, 0.1) is 48.6 Å². The largest absolute Gasteiger partial charge is 0.492 e. The number of hydrogen-bond acceptors (Lipinski definition) is 19. The molecule has 4 aliphatic carbocycles. The molecule has 4 amide bonds. The number of allylic oxidation sites excluding steroid dienone is 8. The fraction of sp³-hybridized carbons (Fsp3) is 0.576. The molecule has 2 saturated carbocycles. The van der Waals surface area contributed by atoms with Crippen molar-refractivity contribution in [1.82, 2.24) is 16.0 Å². The molecule has 23 heteroatoms. The predicted molar refractivity (Wildman–Crippen MR) is 335 cm³/mol. The average Bonchev–Trinajstić information content (AvgIpc) is 2.04. The number of ketones is 4. The van der Waals surface area contributed by atoms with Crippen LogP contribution in [0.5, 0.6) is 0 Å². The summed E-state index contributed by atoms with van der Waals surface area (Å²) in [5.41, 5.74) is 18.0. The van der Waals surface area contributed by atoms with E-state index < -0.39 is 102 Å². The third-order valence-corrected chi connectivity index (χ3v) is 16.0. The fourth-order valence-corrected chi connectivity index (χ4v) is 10.5. The molecule has 6 aliphatic rings. The van der Waals surface area contributed by atoms with Crippen LogP contribution < -0.4 is 33.2 Å². The maximum atomic E-state index is 13.7. The fourth-order valence-electron chi connectivity index (χ4n) is 10.5. The Hall–Kier alpha value is -7.12. The van der Waals surface area contributed by atoms with E-state index in [1.54, 1.807) is 64.2 Å². The van der Waals surface area contributed by atoms with Crippen LogP contribution in [0.2, 0.25) is 0 Å². The van der Waals surface area contributed by atoms with Crippen LogP contribution in [0.4, 0.5) is 9.59 Å². The number of rotatable bonds is 11. The summed E-state index contributed by atoms with van der Waals surface area (Å²) >= 11 is 0. The van der Waals surface area contributed by atoms with Gasteiger partial charge in [-0.05, 0) is 120 Å². The van der Waals surface area contributed by atoms with E-state index in [0.29, 0.717) is 42.0 Å². The molecule has 11 N–H and O–H groups in total. The topological polar surface area (TPSA) is 356 Å². The number of fused-ring (bicyclic) bond motifs is 4. The smallest absolute Gasteiger partial charge is 0.405 e. The molecule has 4 bridgehead atoms. The number of Topliss-reactive ketones (excluding diaryl/α,β-unsaturated/α-hetero) is 2. The second-order valence-electron chi connectivity index (χ2n) is 23.5. The molecule has 0 aromatic carbocycles. The molecule has 0 radical (unpaired) electrons. The van der Waals surface area contributed by atoms with Crippen molar-refractivity contribution in [1.29, 1.82) is 0 Å². The monoisotopic (exact) mass is 1250 g/mol. The SMILES string of the molecule is C.COC1=C2C[C@@H](C)C[C@H](OC)[C@H](O)[C@@H](C)/C=C(\C)[C@H](OC(N)=O)[C@@H](OC)/C=C\C=C(/C)C(=O)NC(=CC1=O)C2=O.CO[C@H]1/C=C\C=C(/C)C(=O)NC2=CC(=O)C(NCC3CC3)=C(C[C@@H](C)C[C@H](OC)[C@H](O)[C@@H](C)/C=C(\C)[C@@H]1OC(N)=O)C2=O.NCC1CC1. The number of carbonyl (C=O) groups excluding carboxylic acids is 8. The first-order valence-electron chi connectivity index (χ1n) is 29.8. The highest BCUT2D eigenvalue weighted by atomic mass is 16.6. The minimum Gasteiger partial charge on any atom is -0.492 e. The van der Waals surface area contributed by atoms with Gasteiger partial charge in [-0.15, -0.1) is 0 Å². The zero-order valence-electron chi connectivity index (χ0n) is 53.2. The Kier molecular flexibility index (Phi) is 31.2. The number of nitrogens with two attached hydrogens (primary N) is 3. The highest BCUT2D eigenvalue weighted by Crippen LogP contribution is 2.33. The first kappa shape index (κ1) is 76.1. The Labute approximate surface area is 524 Å². The van der Waals surface area contributed by atoms with Gasteiger partial charge >= 0.3 is 12.2 Å². The Morgan fingerprint density at radius 2 is 1.01 bits per heavy atom. The van der Waals surface area contributed by atoms with E-state index in [0.717, 1.165) is 31.4 Å². The number of ether oxygens (including phenoxy) is 7. The van der Waals surface area contributed by atoms with Gasteiger partial charge in [0, 0.05) is 81.3 Å². The van der Waals surface area contributed by atoms with Gasteiger partial charge in [-0.1, -0.05) is 83.7 Å². The zero-order valence-corrected chi connectivity index (χ0v) is 53.2. The number of amides is 4. The van der Waals surface area contributed by atoms with Crippen molar-refractivity contribution < 1.29 is 81.7 Å². The molecule has 0 aromatic rings. The minimum atomic E-state index is -1.00. The number of nitrogens with one attached hydrogen (secondary N) is 3. The third-order valence-electron chi connectivity index (χ3n) is 16.0. The zero-order chi connectivity index (χ0) is 65.7. The van der Waals surface area contributed by atoms with Gasteiger partial charge in [0.25, 0.3) is 11.8 Å². The van der Waals surface area contributed by atoms with E-state index in [1.807, 2.05) is 20.8 Å². The Bertz CT molecular complexity index is 2870. The van der Waals surface area contributed by atoms with E-state index in [2.05, 4.69) is 16.0 Å². The average molecular weight is 1250 g/mol. The molecule has 0 aromatic heterocycles. The highest BCUT2D eigenvalue weighted by Gasteiger charge is 2.37. The van der Waals surface area contributed by atoms with Crippen molar-refractivity contribution in [2.45, 2.75) is 163 Å². The molecular formula is C66H98N6O17. The molecule has 494 valence electrons. The summed E-state index contributed by atoms with van der Waals surface area (Å²) in [5.74, 6) is -2.95. The van der Waals surface area contributed by atoms with Crippen LogP contribution in [0.1, 0.15) is 114 Å². The maximum Gasteiger partial charge on any atom is 0.405 e. The molecule has 0 spiro atoms. The van der Waals surface area contributed by atoms with E-state index in [1.165, 1.54) is 73.5 Å². The number of methoxy groups -OCH3 is 5.